The first kappa shape index (κ1) is 32.7. The lowest BCUT2D eigenvalue weighted by Crippen LogP contribution is -2.50. The van der Waals surface area contributed by atoms with Crippen LogP contribution in [0.15, 0.2) is 67.0 Å². The van der Waals surface area contributed by atoms with Crippen LogP contribution in [0, 0.1) is 5.82 Å². The molecule has 1 atom stereocenters. The van der Waals surface area contributed by atoms with E-state index in [-0.39, 0.29) is 46.7 Å². The van der Waals surface area contributed by atoms with E-state index in [1.54, 1.807) is 17.0 Å². The molecule has 6 rings (SSSR count). The summed E-state index contributed by atoms with van der Waals surface area (Å²) in [5.74, 6) is -2.18. The normalized spacial score (nSPS) is 16.8. The van der Waals surface area contributed by atoms with Gasteiger partial charge in [0.2, 0.25) is 11.8 Å². The van der Waals surface area contributed by atoms with E-state index >= 15 is 4.39 Å². The third-order valence-electron chi connectivity index (χ3n) is 8.08. The lowest BCUT2D eigenvalue weighted by Gasteiger charge is -2.39. The van der Waals surface area contributed by atoms with Crippen LogP contribution < -0.4 is 15.0 Å². The average molecular weight is 681 g/mol. The van der Waals surface area contributed by atoms with E-state index in [2.05, 4.69) is 25.6 Å². The highest BCUT2D eigenvalue weighted by molar-refractivity contribution is 6.31. The van der Waals surface area contributed by atoms with Crippen molar-refractivity contribution < 1.29 is 32.3 Å². The van der Waals surface area contributed by atoms with Crippen LogP contribution in [0.3, 0.4) is 0 Å². The quantitative estimate of drug-likeness (QED) is 0.276. The SMILES string of the molecule is CN1CCN(c2cccc3c2CCN(C(=O)/C=C/c2c(-n4cnnn4)ccc(Cl)c2F)C3C(=O)Nc2ccc(OC(F)F)cc2)C(=O)C1. The van der Waals surface area contributed by atoms with Gasteiger partial charge in [0, 0.05) is 42.6 Å². The molecular weight excluding hydrogens is 653 g/mol. The Morgan fingerprint density at radius 1 is 1.06 bits per heavy atom. The van der Waals surface area contributed by atoms with Crippen LogP contribution in [-0.2, 0) is 20.8 Å². The second-order valence-corrected chi connectivity index (χ2v) is 11.5. The van der Waals surface area contributed by atoms with Gasteiger partial charge < -0.3 is 19.9 Å². The minimum Gasteiger partial charge on any atom is -0.435 e. The number of anilines is 2. The van der Waals surface area contributed by atoms with Gasteiger partial charge in [-0.1, -0.05) is 23.7 Å². The number of carbonyl (C=O) groups is 3. The summed E-state index contributed by atoms with van der Waals surface area (Å²) in [7, 11) is 1.86. The van der Waals surface area contributed by atoms with Gasteiger partial charge in [0.1, 0.15) is 18.1 Å². The fourth-order valence-electron chi connectivity index (χ4n) is 5.84. The van der Waals surface area contributed by atoms with Crippen molar-refractivity contribution in [2.45, 2.75) is 19.1 Å². The fraction of sp³-hybridized carbons (Fsp3) is 0.250. The highest BCUT2D eigenvalue weighted by atomic mass is 35.5. The van der Waals surface area contributed by atoms with Crippen molar-refractivity contribution in [2.75, 3.05) is 43.4 Å². The van der Waals surface area contributed by atoms with Crippen LogP contribution in [0.1, 0.15) is 22.7 Å². The molecule has 0 spiro atoms. The summed E-state index contributed by atoms with van der Waals surface area (Å²) < 4.78 is 46.1. The lowest BCUT2D eigenvalue weighted by atomic mass is 9.89. The zero-order valence-corrected chi connectivity index (χ0v) is 26.1. The number of hydrogen-bond acceptors (Lipinski definition) is 8. The van der Waals surface area contributed by atoms with Gasteiger partial charge in [-0.3, -0.25) is 19.3 Å². The van der Waals surface area contributed by atoms with Gasteiger partial charge in [0.05, 0.1) is 17.3 Å². The number of tetrazole rings is 1. The van der Waals surface area contributed by atoms with Gasteiger partial charge in [-0.15, -0.1) is 5.10 Å². The summed E-state index contributed by atoms with van der Waals surface area (Å²) in [4.78, 5) is 45.9. The first-order valence-corrected chi connectivity index (χ1v) is 15.1. The Bertz CT molecular complexity index is 1870. The largest absolute Gasteiger partial charge is 0.435 e. The highest BCUT2D eigenvalue weighted by Crippen LogP contribution is 2.37. The molecule has 1 saturated heterocycles. The van der Waals surface area contributed by atoms with Crippen molar-refractivity contribution >= 4 is 46.8 Å². The molecular formula is C32H28ClF3N8O4. The van der Waals surface area contributed by atoms with Crippen LogP contribution in [0.5, 0.6) is 5.75 Å². The maximum atomic E-state index is 15.2. The summed E-state index contributed by atoms with van der Waals surface area (Å²) in [6.07, 6.45) is 3.97. The molecule has 1 unspecified atom stereocenters. The summed E-state index contributed by atoms with van der Waals surface area (Å²) in [6.45, 7) is -1.57. The number of ether oxygens (including phenoxy) is 1. The van der Waals surface area contributed by atoms with Crippen LogP contribution in [-0.4, -0.2) is 87.6 Å². The van der Waals surface area contributed by atoms with Gasteiger partial charge in [0.15, 0.2) is 5.82 Å². The number of piperazine rings is 1. The Morgan fingerprint density at radius 3 is 2.56 bits per heavy atom. The predicted molar refractivity (Wildman–Crippen MR) is 169 cm³/mol. The molecule has 0 bridgehead atoms. The molecule has 1 fully saturated rings. The summed E-state index contributed by atoms with van der Waals surface area (Å²) in [5, 5.41) is 13.5. The Kier molecular flexibility index (Phi) is 9.41. The average Bonchev–Trinajstić information content (AvgIpc) is 3.60. The molecule has 2 aliphatic rings. The number of nitrogens with one attached hydrogen (secondary N) is 1. The minimum atomic E-state index is -3.01. The van der Waals surface area contributed by atoms with Gasteiger partial charge >= 0.3 is 6.61 Å². The molecule has 3 heterocycles. The molecule has 1 N–H and O–H groups in total. The molecule has 4 aromatic rings. The number of rotatable bonds is 8. The molecule has 1 aromatic heterocycles. The highest BCUT2D eigenvalue weighted by Gasteiger charge is 2.38. The van der Waals surface area contributed by atoms with Crippen molar-refractivity contribution in [3.63, 3.8) is 0 Å². The molecule has 248 valence electrons. The van der Waals surface area contributed by atoms with E-state index < -0.39 is 30.3 Å². The van der Waals surface area contributed by atoms with E-state index in [9.17, 15) is 23.2 Å². The fourth-order valence-corrected chi connectivity index (χ4v) is 6.00. The van der Waals surface area contributed by atoms with Crippen molar-refractivity contribution in [3.8, 4) is 11.4 Å². The Balaban J connectivity index is 1.35. The summed E-state index contributed by atoms with van der Waals surface area (Å²) in [6, 6.07) is 12.3. The number of alkyl halides is 2. The first-order chi connectivity index (χ1) is 23.1. The van der Waals surface area contributed by atoms with Gasteiger partial charge in [0.25, 0.3) is 5.91 Å². The van der Waals surface area contributed by atoms with Crippen LogP contribution in [0.25, 0.3) is 11.8 Å². The Labute approximate surface area is 277 Å². The number of nitrogens with zero attached hydrogens (tertiary/aromatic N) is 7. The molecule has 16 heteroatoms. The third kappa shape index (κ3) is 6.73. The van der Waals surface area contributed by atoms with E-state index in [4.69, 9.17) is 11.6 Å². The van der Waals surface area contributed by atoms with E-state index in [1.165, 1.54) is 58.4 Å². The predicted octanol–water partition coefficient (Wildman–Crippen LogP) is 4.11. The van der Waals surface area contributed by atoms with E-state index in [1.807, 2.05) is 18.0 Å². The summed E-state index contributed by atoms with van der Waals surface area (Å²) >= 11 is 6.05. The lowest BCUT2D eigenvalue weighted by molar-refractivity contribution is -0.135. The van der Waals surface area contributed by atoms with E-state index in [0.29, 0.717) is 30.8 Å². The molecule has 3 aromatic carbocycles. The smallest absolute Gasteiger partial charge is 0.387 e. The maximum absolute atomic E-state index is 15.2. The Hall–Kier alpha value is -5.28. The van der Waals surface area contributed by atoms with Crippen LogP contribution >= 0.6 is 11.6 Å². The monoisotopic (exact) mass is 680 g/mol. The number of likely N-dealkylation sites (N-methyl/N-ethyl adjacent to an activating group) is 1. The Morgan fingerprint density at radius 2 is 1.85 bits per heavy atom. The maximum Gasteiger partial charge on any atom is 0.387 e. The van der Waals surface area contributed by atoms with Crippen molar-refractivity contribution in [2.24, 2.45) is 0 Å². The standard InChI is InChI=1S/C32H28ClF3N8O4/c1-41-15-16-42(28(46)17-41)25-4-2-3-22-21(25)13-14-43(30(22)31(47)38-19-5-7-20(8-6-19)48-32(35)36)27(45)12-9-23-26(44-18-37-39-40-44)11-10-24(33)29(23)34/h2-12,18,30,32H,13-17H2,1H3,(H,38,47)/b12-9+. The molecule has 2 aliphatic heterocycles. The van der Waals surface area contributed by atoms with Gasteiger partial charge in [-0.25, -0.2) is 4.39 Å². The van der Waals surface area contributed by atoms with Gasteiger partial charge in [-0.2, -0.15) is 13.5 Å². The summed E-state index contributed by atoms with van der Waals surface area (Å²) in [5.41, 5.74) is 2.35. The molecule has 3 amide bonds. The topological polar surface area (TPSA) is 126 Å². The minimum absolute atomic E-state index is 0.0523. The first-order valence-electron chi connectivity index (χ1n) is 14.8. The van der Waals surface area contributed by atoms with Gasteiger partial charge in [-0.05, 0) is 83.6 Å². The number of halogens is 4. The number of amides is 3. The molecule has 0 saturated carbocycles. The number of aromatic nitrogens is 4. The second-order valence-electron chi connectivity index (χ2n) is 11.1. The zero-order valence-electron chi connectivity index (χ0n) is 25.4. The molecule has 0 radical (unpaired) electrons. The third-order valence-corrected chi connectivity index (χ3v) is 8.37. The van der Waals surface area contributed by atoms with E-state index in [0.717, 1.165) is 11.6 Å². The molecule has 0 aliphatic carbocycles. The molecule has 48 heavy (non-hydrogen) atoms. The van der Waals surface area contributed by atoms with Crippen molar-refractivity contribution in [1.29, 1.82) is 0 Å². The second kappa shape index (κ2) is 13.8. The zero-order chi connectivity index (χ0) is 33.9. The number of fused-ring (bicyclic) bond motifs is 1. The molecule has 12 nitrogen and oxygen atoms in total. The van der Waals surface area contributed by atoms with Crippen LogP contribution in [0.4, 0.5) is 24.5 Å². The van der Waals surface area contributed by atoms with Crippen LogP contribution in [0.2, 0.25) is 5.02 Å². The number of carbonyl (C=O) groups excluding carboxylic acids is 3. The van der Waals surface area contributed by atoms with Crippen molar-refractivity contribution in [3.05, 3.63) is 94.5 Å². The number of hydrogen-bond donors (Lipinski definition) is 1. The number of benzene rings is 3. The van der Waals surface area contributed by atoms with Crippen molar-refractivity contribution in [1.82, 2.24) is 30.0 Å².